The second-order valence-corrected chi connectivity index (χ2v) is 13.9. The molecule has 0 N–H and O–H groups in total. The molecule has 0 heterocycles. The highest BCUT2D eigenvalue weighted by Gasteiger charge is 2.20. The summed E-state index contributed by atoms with van der Waals surface area (Å²) in [4.78, 5) is 0. The van der Waals surface area contributed by atoms with E-state index in [4.69, 9.17) is 0 Å². The van der Waals surface area contributed by atoms with E-state index in [1.807, 2.05) is 0 Å². The molecule has 0 aromatic heterocycles. The van der Waals surface area contributed by atoms with E-state index in [0.29, 0.717) is 0 Å². The Morgan fingerprint density at radius 2 is 0.771 bits per heavy atom. The largest absolute Gasteiger partial charge is 0.0654 e. The molecule has 0 atom stereocenters. The molecule has 35 heavy (non-hydrogen) atoms. The van der Waals surface area contributed by atoms with Crippen LogP contribution < -0.4 is 21.2 Å². The lowest BCUT2D eigenvalue weighted by Crippen LogP contribution is -2.18. The van der Waals surface area contributed by atoms with Crippen LogP contribution in [0.3, 0.4) is 0 Å². The Morgan fingerprint density at radius 3 is 1.06 bits per heavy atom. The molecule has 4 rings (SSSR count). The van der Waals surface area contributed by atoms with Crippen LogP contribution in [0.1, 0.15) is 39.0 Å². The van der Waals surface area contributed by atoms with Crippen LogP contribution in [-0.4, -0.2) is 12.3 Å². The van der Waals surface area contributed by atoms with Crippen molar-refractivity contribution in [1.29, 1.82) is 0 Å². The summed E-state index contributed by atoms with van der Waals surface area (Å²) in [5.74, 6) is 0.796. The molecule has 4 aromatic rings. The molecule has 0 fully saturated rings. The Kier molecular flexibility index (Phi) is 10.6. The molecule has 0 unspecified atom stereocenters. The quantitative estimate of drug-likeness (QED) is 0.165. The standard InChI is InChI=1S/C33H38P2/c1-2-3-16-29(25-27-34(30-17-8-4-9-18-30)31-19-10-5-11-20-31)26-28-35(32-21-12-6-13-22-32)33-23-14-7-15-24-33/h4-15,17-24,29H,2-3,16,25-28H2,1H3. The average Bonchev–Trinajstić information content (AvgIpc) is 2.94. The van der Waals surface area contributed by atoms with E-state index in [0.717, 1.165) is 5.92 Å². The third-order valence-electron chi connectivity index (χ3n) is 6.76. The number of unbranched alkanes of at least 4 members (excludes halogenated alkanes) is 1. The molecule has 0 bridgehead atoms. The smallest absolute Gasteiger partial charge is 0.0195 e. The topological polar surface area (TPSA) is 0 Å². The molecule has 0 aliphatic heterocycles. The first kappa shape index (κ1) is 25.8. The minimum Gasteiger partial charge on any atom is -0.0654 e. The number of hydrogen-bond acceptors (Lipinski definition) is 0. The van der Waals surface area contributed by atoms with Gasteiger partial charge in [0.05, 0.1) is 0 Å². The molecule has 0 aliphatic rings. The third-order valence-corrected chi connectivity index (χ3v) is 11.9. The van der Waals surface area contributed by atoms with Gasteiger partial charge in [0.1, 0.15) is 0 Å². The van der Waals surface area contributed by atoms with Gasteiger partial charge >= 0.3 is 0 Å². The predicted molar refractivity (Wildman–Crippen MR) is 160 cm³/mol. The third kappa shape index (κ3) is 7.87. The molecule has 0 saturated heterocycles. The molecule has 0 amide bonds. The fraction of sp³-hybridized carbons (Fsp3) is 0.273. The average molecular weight is 497 g/mol. The highest BCUT2D eigenvalue weighted by atomic mass is 31.1. The van der Waals surface area contributed by atoms with Crippen LogP contribution in [0.15, 0.2) is 121 Å². The lowest BCUT2D eigenvalue weighted by atomic mass is 9.97. The van der Waals surface area contributed by atoms with Gasteiger partial charge in [0.25, 0.3) is 0 Å². The van der Waals surface area contributed by atoms with Crippen molar-refractivity contribution in [3.63, 3.8) is 0 Å². The van der Waals surface area contributed by atoms with Crippen molar-refractivity contribution in [2.45, 2.75) is 39.0 Å². The molecule has 4 aromatic carbocycles. The van der Waals surface area contributed by atoms with Crippen LogP contribution in [0.5, 0.6) is 0 Å². The van der Waals surface area contributed by atoms with Gasteiger partial charge in [0.15, 0.2) is 0 Å². The van der Waals surface area contributed by atoms with Crippen LogP contribution in [-0.2, 0) is 0 Å². The first-order valence-corrected chi connectivity index (χ1v) is 16.2. The molecule has 0 spiro atoms. The van der Waals surface area contributed by atoms with E-state index in [2.05, 4.69) is 128 Å². The summed E-state index contributed by atoms with van der Waals surface area (Å²) in [5, 5.41) is 6.05. The molecule has 0 aliphatic carbocycles. The van der Waals surface area contributed by atoms with Crippen LogP contribution >= 0.6 is 15.8 Å². The summed E-state index contributed by atoms with van der Waals surface area (Å²) in [7, 11) is -0.614. The molecule has 0 saturated carbocycles. The highest BCUT2D eigenvalue weighted by Crippen LogP contribution is 2.39. The first-order valence-electron chi connectivity index (χ1n) is 13.1. The van der Waals surface area contributed by atoms with Crippen LogP contribution in [0.2, 0.25) is 0 Å². The van der Waals surface area contributed by atoms with Crippen molar-refractivity contribution >= 4 is 37.1 Å². The minimum absolute atomic E-state index is 0.307. The van der Waals surface area contributed by atoms with Crippen LogP contribution in [0.25, 0.3) is 0 Å². The van der Waals surface area contributed by atoms with Crippen molar-refractivity contribution in [3.05, 3.63) is 121 Å². The Balaban J connectivity index is 1.49. The maximum Gasteiger partial charge on any atom is -0.0195 e. The zero-order valence-electron chi connectivity index (χ0n) is 21.0. The molecular formula is C33H38P2. The van der Waals surface area contributed by atoms with Gasteiger partial charge in [0.2, 0.25) is 0 Å². The first-order chi connectivity index (χ1) is 17.3. The van der Waals surface area contributed by atoms with E-state index in [-0.39, 0.29) is 15.8 Å². The summed E-state index contributed by atoms with van der Waals surface area (Å²) in [5.41, 5.74) is 0. The fourth-order valence-corrected chi connectivity index (χ4v) is 9.80. The number of rotatable bonds is 13. The second-order valence-electron chi connectivity index (χ2n) is 9.23. The second kappa shape index (κ2) is 14.3. The predicted octanol–water partition coefficient (Wildman–Crippen LogP) is 7.84. The fourth-order valence-electron chi connectivity index (χ4n) is 4.80. The molecule has 180 valence electrons. The SMILES string of the molecule is CCCCC(CCP(c1ccccc1)c1ccccc1)CCP(c1ccccc1)c1ccccc1. The Bertz CT molecular complexity index is 915. The van der Waals surface area contributed by atoms with Gasteiger partial charge in [-0.2, -0.15) is 0 Å². The zero-order chi connectivity index (χ0) is 24.1. The lowest BCUT2D eigenvalue weighted by Gasteiger charge is -2.25. The minimum atomic E-state index is -0.307. The van der Waals surface area contributed by atoms with Gasteiger partial charge in [-0.05, 0) is 68.1 Å². The van der Waals surface area contributed by atoms with Gasteiger partial charge in [-0.3, -0.25) is 0 Å². The van der Waals surface area contributed by atoms with Crippen molar-refractivity contribution in [3.8, 4) is 0 Å². The van der Waals surface area contributed by atoms with E-state index < -0.39 is 0 Å². The lowest BCUT2D eigenvalue weighted by molar-refractivity contribution is 0.443. The van der Waals surface area contributed by atoms with Crippen molar-refractivity contribution in [2.75, 3.05) is 12.3 Å². The van der Waals surface area contributed by atoms with E-state index in [9.17, 15) is 0 Å². The van der Waals surface area contributed by atoms with Crippen LogP contribution in [0, 0.1) is 5.92 Å². The van der Waals surface area contributed by atoms with Crippen molar-refractivity contribution in [2.24, 2.45) is 5.92 Å². The summed E-state index contributed by atoms with van der Waals surface area (Å²) >= 11 is 0. The maximum absolute atomic E-state index is 2.34. The summed E-state index contributed by atoms with van der Waals surface area (Å²) < 4.78 is 0. The zero-order valence-corrected chi connectivity index (χ0v) is 22.8. The van der Waals surface area contributed by atoms with Crippen LogP contribution in [0.4, 0.5) is 0 Å². The van der Waals surface area contributed by atoms with Gasteiger partial charge in [-0.15, -0.1) is 0 Å². The molecule has 0 nitrogen and oxygen atoms in total. The molecular weight excluding hydrogens is 458 g/mol. The summed E-state index contributed by atoms with van der Waals surface area (Å²) in [6, 6.07) is 44.9. The van der Waals surface area contributed by atoms with E-state index in [1.165, 1.54) is 65.6 Å². The normalized spacial score (nSPS) is 11.4. The van der Waals surface area contributed by atoms with Gasteiger partial charge < -0.3 is 0 Å². The van der Waals surface area contributed by atoms with Crippen molar-refractivity contribution in [1.82, 2.24) is 0 Å². The van der Waals surface area contributed by atoms with E-state index >= 15 is 0 Å². The van der Waals surface area contributed by atoms with E-state index in [1.54, 1.807) is 0 Å². The number of benzene rings is 4. The monoisotopic (exact) mass is 496 g/mol. The number of hydrogen-bond donors (Lipinski definition) is 0. The van der Waals surface area contributed by atoms with Gasteiger partial charge in [-0.1, -0.05) is 148 Å². The highest BCUT2D eigenvalue weighted by molar-refractivity contribution is 7.73. The summed E-state index contributed by atoms with van der Waals surface area (Å²) in [6.45, 7) is 2.33. The molecule has 2 heteroatoms. The maximum atomic E-state index is 2.34. The Hall–Kier alpha value is -2.26. The van der Waals surface area contributed by atoms with Crippen molar-refractivity contribution < 1.29 is 0 Å². The van der Waals surface area contributed by atoms with Gasteiger partial charge in [0, 0.05) is 0 Å². The van der Waals surface area contributed by atoms with Gasteiger partial charge in [-0.25, -0.2) is 0 Å². The Morgan fingerprint density at radius 1 is 0.457 bits per heavy atom. The molecule has 0 radical (unpaired) electrons. The summed E-state index contributed by atoms with van der Waals surface area (Å²) in [6.07, 6.45) is 9.20. The Labute approximate surface area is 215 Å².